The van der Waals surface area contributed by atoms with Gasteiger partial charge in [0.1, 0.15) is 11.4 Å². The lowest BCUT2D eigenvalue weighted by Crippen LogP contribution is -2.46. The fraction of sp³-hybridized carbons (Fsp3) is 0.261. The van der Waals surface area contributed by atoms with Crippen molar-refractivity contribution in [1.82, 2.24) is 30.4 Å². The van der Waals surface area contributed by atoms with E-state index >= 15 is 0 Å². The minimum atomic E-state index is -0.538. The maximum Gasteiger partial charge on any atom is 0.269 e. The van der Waals surface area contributed by atoms with Gasteiger partial charge in [-0.15, -0.1) is 0 Å². The van der Waals surface area contributed by atoms with E-state index in [0.29, 0.717) is 34.8 Å². The maximum absolute atomic E-state index is 13.4. The van der Waals surface area contributed by atoms with E-state index in [-0.39, 0.29) is 23.1 Å². The molecule has 33 heavy (non-hydrogen) atoms. The third kappa shape index (κ3) is 4.21. The van der Waals surface area contributed by atoms with Crippen molar-refractivity contribution in [2.24, 2.45) is 0 Å². The van der Waals surface area contributed by atoms with E-state index in [4.69, 9.17) is 0 Å². The number of thioether (sulfide) groups is 1. The number of fused-ring (bicyclic) bond motifs is 2. The highest BCUT2D eigenvalue weighted by molar-refractivity contribution is 7.99. The molecule has 10 heteroatoms. The second kappa shape index (κ2) is 9.07. The molecule has 2 amide bonds. The molecule has 2 aromatic carbocycles. The smallest absolute Gasteiger partial charge is 0.269 e. The van der Waals surface area contributed by atoms with E-state index in [2.05, 4.69) is 25.8 Å². The number of amides is 2. The van der Waals surface area contributed by atoms with Crippen molar-refractivity contribution in [2.75, 3.05) is 12.3 Å². The Morgan fingerprint density at radius 1 is 1.12 bits per heavy atom. The molecule has 0 unspecified atom stereocenters. The van der Waals surface area contributed by atoms with E-state index in [0.717, 1.165) is 35.4 Å². The Bertz CT molecular complexity index is 1410. The van der Waals surface area contributed by atoms with E-state index in [1.807, 2.05) is 42.5 Å². The van der Waals surface area contributed by atoms with Gasteiger partial charge in [-0.3, -0.25) is 24.0 Å². The molecule has 0 bridgehead atoms. The van der Waals surface area contributed by atoms with E-state index in [9.17, 15) is 14.4 Å². The predicted octanol–water partition coefficient (Wildman–Crippen LogP) is 2.14. The van der Waals surface area contributed by atoms with Crippen LogP contribution in [0.15, 0.2) is 58.6 Å². The van der Waals surface area contributed by atoms with Crippen LogP contribution in [0, 0.1) is 0 Å². The predicted molar refractivity (Wildman–Crippen MR) is 127 cm³/mol. The van der Waals surface area contributed by atoms with Crippen LogP contribution in [0.4, 0.5) is 0 Å². The number of carbonyl (C=O) groups is 2. The van der Waals surface area contributed by atoms with Crippen LogP contribution in [0.1, 0.15) is 19.3 Å². The van der Waals surface area contributed by atoms with Crippen molar-refractivity contribution in [3.8, 4) is 5.69 Å². The van der Waals surface area contributed by atoms with Crippen molar-refractivity contribution >= 4 is 45.4 Å². The number of nitrogens with zero attached hydrogens (tertiary/aromatic N) is 3. The molecule has 0 saturated carbocycles. The second-order valence-electron chi connectivity index (χ2n) is 7.86. The average molecular weight is 463 g/mol. The van der Waals surface area contributed by atoms with Gasteiger partial charge in [0, 0.05) is 11.9 Å². The Morgan fingerprint density at radius 2 is 1.97 bits per heavy atom. The Labute approximate surface area is 193 Å². The summed E-state index contributed by atoms with van der Waals surface area (Å²) in [7, 11) is 0. The number of hydrogen-bond acceptors (Lipinski definition) is 6. The fourth-order valence-corrected chi connectivity index (χ4v) is 4.84. The lowest BCUT2D eigenvalue weighted by Gasteiger charge is -2.16. The maximum atomic E-state index is 13.4. The first kappa shape index (κ1) is 21.2. The number of rotatable bonds is 5. The first-order valence-electron chi connectivity index (χ1n) is 10.8. The number of aromatic amines is 1. The molecule has 0 aliphatic carbocycles. The molecule has 3 N–H and O–H groups in total. The summed E-state index contributed by atoms with van der Waals surface area (Å²) in [5.41, 5.74) is 0.776. The third-order valence-electron chi connectivity index (χ3n) is 5.66. The molecule has 0 radical (unpaired) electrons. The zero-order valence-electron chi connectivity index (χ0n) is 17.7. The Hall–Kier alpha value is -3.66. The number of carbonyl (C=O) groups excluding carboxylic acids is 2. The summed E-state index contributed by atoms with van der Waals surface area (Å²) in [6.07, 6.45) is 3.84. The fourth-order valence-electron chi connectivity index (χ4n) is 4.03. The zero-order chi connectivity index (χ0) is 22.8. The summed E-state index contributed by atoms with van der Waals surface area (Å²) < 4.78 is 1.52. The van der Waals surface area contributed by atoms with Crippen molar-refractivity contribution in [3.05, 3.63) is 59.0 Å². The summed E-state index contributed by atoms with van der Waals surface area (Å²) in [5, 5.41) is 14.9. The van der Waals surface area contributed by atoms with E-state index in [1.54, 1.807) is 0 Å². The summed E-state index contributed by atoms with van der Waals surface area (Å²) in [4.78, 5) is 42.8. The molecule has 168 valence electrons. The van der Waals surface area contributed by atoms with Gasteiger partial charge in [-0.05, 0) is 30.7 Å². The molecule has 9 nitrogen and oxygen atoms in total. The van der Waals surface area contributed by atoms with Gasteiger partial charge in [0.25, 0.3) is 5.56 Å². The normalized spacial score (nSPS) is 16.5. The SMILES string of the molecule is O=C(CSc1nc2[nH]ncc2c(=O)n1-c1cccc2ccccc12)N[C@@H]1CCCCNC1=O. The molecule has 1 atom stereocenters. The van der Waals surface area contributed by atoms with Crippen LogP contribution in [0.3, 0.4) is 0 Å². The van der Waals surface area contributed by atoms with Crippen molar-refractivity contribution in [2.45, 2.75) is 30.5 Å². The summed E-state index contributed by atoms with van der Waals surface area (Å²) >= 11 is 1.15. The molecule has 3 heterocycles. The Kier molecular flexibility index (Phi) is 5.82. The first-order valence-corrected chi connectivity index (χ1v) is 11.7. The van der Waals surface area contributed by atoms with Gasteiger partial charge in [-0.25, -0.2) is 4.98 Å². The molecule has 4 aromatic rings. The number of nitrogens with one attached hydrogen (secondary N) is 3. The van der Waals surface area contributed by atoms with Crippen molar-refractivity contribution in [3.63, 3.8) is 0 Å². The molecule has 5 rings (SSSR count). The largest absolute Gasteiger partial charge is 0.354 e. The quantitative estimate of drug-likeness (QED) is 0.309. The Morgan fingerprint density at radius 3 is 2.88 bits per heavy atom. The molecular weight excluding hydrogens is 440 g/mol. The number of aromatic nitrogens is 4. The van der Waals surface area contributed by atoms with Crippen molar-refractivity contribution < 1.29 is 9.59 Å². The highest BCUT2D eigenvalue weighted by Gasteiger charge is 2.23. The monoisotopic (exact) mass is 462 g/mol. The van der Waals surface area contributed by atoms with Crippen molar-refractivity contribution in [1.29, 1.82) is 0 Å². The number of hydrogen-bond donors (Lipinski definition) is 3. The highest BCUT2D eigenvalue weighted by Crippen LogP contribution is 2.26. The van der Waals surface area contributed by atoms with E-state index in [1.165, 1.54) is 10.8 Å². The molecule has 1 fully saturated rings. The molecule has 1 aliphatic heterocycles. The zero-order valence-corrected chi connectivity index (χ0v) is 18.5. The van der Waals surface area contributed by atoms with Crippen LogP contribution in [-0.4, -0.2) is 49.9 Å². The first-order chi connectivity index (χ1) is 16.1. The van der Waals surface area contributed by atoms with Crippen LogP contribution < -0.4 is 16.2 Å². The van der Waals surface area contributed by atoms with Gasteiger partial charge in [-0.1, -0.05) is 48.2 Å². The lowest BCUT2D eigenvalue weighted by atomic mass is 10.1. The summed E-state index contributed by atoms with van der Waals surface area (Å²) in [6.45, 7) is 0.630. The minimum absolute atomic E-state index is 0.0145. The van der Waals surface area contributed by atoms with Crippen LogP contribution in [0.25, 0.3) is 27.5 Å². The Balaban J connectivity index is 1.48. The molecule has 1 aliphatic rings. The van der Waals surface area contributed by atoms with Gasteiger partial charge in [0.05, 0.1) is 17.6 Å². The van der Waals surface area contributed by atoms with Gasteiger partial charge in [0.15, 0.2) is 10.8 Å². The summed E-state index contributed by atoms with van der Waals surface area (Å²) in [5.74, 6) is -0.429. The van der Waals surface area contributed by atoms with Gasteiger partial charge in [-0.2, -0.15) is 5.10 Å². The van der Waals surface area contributed by atoms with Crippen LogP contribution in [0.5, 0.6) is 0 Å². The minimum Gasteiger partial charge on any atom is -0.354 e. The second-order valence-corrected chi connectivity index (χ2v) is 8.80. The third-order valence-corrected chi connectivity index (χ3v) is 6.60. The summed E-state index contributed by atoms with van der Waals surface area (Å²) in [6, 6.07) is 13.0. The van der Waals surface area contributed by atoms with Gasteiger partial charge in [0.2, 0.25) is 11.8 Å². The van der Waals surface area contributed by atoms with Crippen LogP contribution >= 0.6 is 11.8 Å². The van der Waals surface area contributed by atoms with Crippen LogP contribution in [0.2, 0.25) is 0 Å². The molecule has 2 aromatic heterocycles. The standard InChI is InChI=1S/C23H22N6O3S/c30-19(26-17-9-3-4-11-24-21(17)31)13-33-23-27-20-16(12-25-28-20)22(32)29(23)18-10-5-7-14-6-1-2-8-15(14)18/h1-2,5-8,10,12,17H,3-4,9,11,13H2,(H,24,31)(H,25,28)(H,26,30)/t17-/m1/s1. The molecule has 0 spiro atoms. The topological polar surface area (TPSA) is 122 Å². The lowest BCUT2D eigenvalue weighted by molar-refractivity contribution is -0.127. The molecular formula is C23H22N6O3S. The van der Waals surface area contributed by atoms with Gasteiger partial charge < -0.3 is 10.6 Å². The van der Waals surface area contributed by atoms with Crippen LogP contribution in [-0.2, 0) is 9.59 Å². The molecule has 1 saturated heterocycles. The highest BCUT2D eigenvalue weighted by atomic mass is 32.2. The average Bonchev–Trinajstić information content (AvgIpc) is 3.21. The number of benzene rings is 2. The van der Waals surface area contributed by atoms with Gasteiger partial charge >= 0.3 is 0 Å². The number of H-pyrrole nitrogens is 1. The van der Waals surface area contributed by atoms with E-state index < -0.39 is 6.04 Å².